The van der Waals surface area contributed by atoms with Crippen LogP contribution in [0.4, 0.5) is 17.1 Å². The lowest BCUT2D eigenvalue weighted by molar-refractivity contribution is 0.594. The fourth-order valence-corrected chi connectivity index (χ4v) is 12.5. The molecule has 4 aliphatic rings. The summed E-state index contributed by atoms with van der Waals surface area (Å²) >= 11 is 0. The Labute approximate surface area is 428 Å². The largest absolute Gasteiger partial charge is 0.357 e. The van der Waals surface area contributed by atoms with E-state index in [0.29, 0.717) is 23.9 Å². The number of aromatic nitrogens is 1. The van der Waals surface area contributed by atoms with Crippen molar-refractivity contribution in [2.24, 2.45) is 0 Å². The molecule has 4 atom stereocenters. The van der Waals surface area contributed by atoms with Gasteiger partial charge in [0.2, 0.25) is 0 Å². The minimum Gasteiger partial charge on any atom is -0.357 e. The summed E-state index contributed by atoms with van der Waals surface area (Å²) in [6.45, 7) is 0. The van der Waals surface area contributed by atoms with E-state index in [1.165, 1.54) is 106 Å². The average Bonchev–Trinajstić information content (AvgIpc) is 3.98. The van der Waals surface area contributed by atoms with Gasteiger partial charge in [-0.3, -0.25) is 0 Å². The van der Waals surface area contributed by atoms with E-state index >= 15 is 0 Å². The number of allylic oxidation sites excluding steroid dienone is 6. The van der Waals surface area contributed by atoms with Gasteiger partial charge in [-0.25, -0.2) is 0 Å². The van der Waals surface area contributed by atoms with Crippen LogP contribution in [0.2, 0.25) is 0 Å². The van der Waals surface area contributed by atoms with Crippen molar-refractivity contribution >= 4 is 55.2 Å². The van der Waals surface area contributed by atoms with E-state index in [1.54, 1.807) is 0 Å². The molecule has 3 nitrogen and oxygen atoms in total. The van der Waals surface area contributed by atoms with Gasteiger partial charge in [0.25, 0.3) is 0 Å². The molecule has 1 aliphatic heterocycles. The van der Waals surface area contributed by atoms with Crippen molar-refractivity contribution in [3.8, 4) is 27.9 Å². The molecule has 73 heavy (non-hydrogen) atoms. The third kappa shape index (κ3) is 7.75. The average molecular weight is 938 g/mol. The van der Waals surface area contributed by atoms with Gasteiger partial charge in [-0.05, 0) is 148 Å². The summed E-state index contributed by atoms with van der Waals surface area (Å²) in [4.78, 5) is 5.13. The van der Waals surface area contributed by atoms with Gasteiger partial charge in [0, 0.05) is 45.1 Å². The minimum absolute atomic E-state index is 0.327. The Morgan fingerprint density at radius 1 is 0.493 bits per heavy atom. The second-order valence-electron chi connectivity index (χ2n) is 20.3. The molecular weight excluding hydrogens is 883 g/mol. The molecule has 0 fully saturated rings. The number of hydrogen-bond donors (Lipinski definition) is 0. The Morgan fingerprint density at radius 2 is 1.18 bits per heavy atom. The number of rotatable bonds is 9. The van der Waals surface area contributed by atoms with Crippen LogP contribution in [-0.2, 0) is 0 Å². The van der Waals surface area contributed by atoms with Crippen LogP contribution in [0.25, 0.3) is 66.1 Å². The van der Waals surface area contributed by atoms with Crippen LogP contribution >= 0.6 is 0 Å². The predicted molar refractivity (Wildman–Crippen MR) is 308 cm³/mol. The molecule has 350 valence electrons. The van der Waals surface area contributed by atoms with Gasteiger partial charge in [0.05, 0.1) is 23.1 Å². The summed E-state index contributed by atoms with van der Waals surface area (Å²) in [5.41, 5.74) is 19.1. The van der Waals surface area contributed by atoms with Crippen molar-refractivity contribution in [3.05, 3.63) is 283 Å². The molecule has 0 saturated heterocycles. The molecule has 14 rings (SSSR count). The zero-order chi connectivity index (χ0) is 48.2. The van der Waals surface area contributed by atoms with Crippen molar-refractivity contribution in [2.45, 2.75) is 49.6 Å². The number of benzene rings is 9. The lowest BCUT2D eigenvalue weighted by atomic mass is 9.85. The zero-order valence-corrected chi connectivity index (χ0v) is 40.8. The Bertz CT molecular complexity index is 3870. The third-order valence-corrected chi connectivity index (χ3v) is 16.2. The molecule has 4 unspecified atom stereocenters. The highest BCUT2D eigenvalue weighted by Crippen LogP contribution is 2.48. The summed E-state index contributed by atoms with van der Waals surface area (Å²) in [7, 11) is 0. The first-order valence-electron chi connectivity index (χ1n) is 26.2. The van der Waals surface area contributed by atoms with Crippen LogP contribution in [-0.4, -0.2) is 16.7 Å². The molecule has 0 saturated carbocycles. The first-order valence-corrected chi connectivity index (χ1v) is 26.2. The highest BCUT2D eigenvalue weighted by atomic mass is 15.2. The van der Waals surface area contributed by atoms with Gasteiger partial charge < -0.3 is 14.4 Å². The maximum atomic E-state index is 2.63. The zero-order valence-electron chi connectivity index (χ0n) is 40.8. The van der Waals surface area contributed by atoms with E-state index in [9.17, 15) is 0 Å². The minimum atomic E-state index is 0.327. The maximum Gasteiger partial charge on any atom is 0.0587 e. The quantitative estimate of drug-likeness (QED) is 0.143. The molecule has 0 radical (unpaired) electrons. The number of para-hydroxylation sites is 3. The lowest BCUT2D eigenvalue weighted by Gasteiger charge is -2.35. The molecule has 0 bridgehead atoms. The molecule has 9 aromatic carbocycles. The first kappa shape index (κ1) is 43.2. The highest BCUT2D eigenvalue weighted by molar-refractivity contribution is 6.10. The second kappa shape index (κ2) is 18.2. The SMILES string of the molecule is C1=CCC(N2c3ccccc3C3C=C(c4ccc(-c5ccc(N(C6=CCC(c7ccc(-c8ccc9c(c8)c8ccccc8n9-c8ccccc8)cc7)CC6)c6ccc7ccccc7c6)cc5)cc4)C=CC32)C=C1. The summed E-state index contributed by atoms with van der Waals surface area (Å²) in [6, 6.07) is 79.6. The van der Waals surface area contributed by atoms with Gasteiger partial charge in [-0.15, -0.1) is 0 Å². The number of anilines is 3. The van der Waals surface area contributed by atoms with Gasteiger partial charge in [0.15, 0.2) is 0 Å². The molecule has 10 aromatic rings. The summed E-state index contributed by atoms with van der Waals surface area (Å²) < 4.78 is 2.38. The van der Waals surface area contributed by atoms with Gasteiger partial charge in [-0.2, -0.15) is 0 Å². The Hall–Kier alpha value is -8.66. The Balaban J connectivity index is 0.710. The first-order chi connectivity index (χ1) is 36.2. The highest BCUT2D eigenvalue weighted by Gasteiger charge is 2.40. The van der Waals surface area contributed by atoms with Crippen molar-refractivity contribution in [3.63, 3.8) is 0 Å². The van der Waals surface area contributed by atoms with E-state index in [2.05, 4.69) is 275 Å². The van der Waals surface area contributed by atoms with Crippen LogP contribution < -0.4 is 9.80 Å². The number of hydrogen-bond acceptors (Lipinski definition) is 2. The van der Waals surface area contributed by atoms with E-state index < -0.39 is 0 Å². The topological polar surface area (TPSA) is 11.4 Å². The smallest absolute Gasteiger partial charge is 0.0587 e. The molecule has 3 aliphatic carbocycles. The van der Waals surface area contributed by atoms with E-state index in [-0.39, 0.29) is 0 Å². The Kier molecular flexibility index (Phi) is 10.8. The van der Waals surface area contributed by atoms with E-state index in [4.69, 9.17) is 0 Å². The third-order valence-electron chi connectivity index (χ3n) is 16.2. The fourth-order valence-electron chi connectivity index (χ4n) is 12.5. The summed E-state index contributed by atoms with van der Waals surface area (Å²) in [5.74, 6) is 0.800. The Morgan fingerprint density at radius 3 is 1.99 bits per heavy atom. The number of fused-ring (bicyclic) bond motifs is 7. The van der Waals surface area contributed by atoms with Crippen LogP contribution in [0.3, 0.4) is 0 Å². The molecule has 3 heteroatoms. The number of nitrogens with zero attached hydrogens (tertiary/aromatic N) is 3. The molecule has 2 heterocycles. The molecule has 0 amide bonds. The maximum absolute atomic E-state index is 2.63. The standard InChI is InChI=1S/C70H55N3/c1-3-15-58(16-4-1)72-67-21-11-9-19-63(67)65-46-56(36-43-69(65)72)53-27-23-49(24-28-53)51-31-38-60(39-32-51)71(62-42-35-48-13-7-8-14-55(48)45-62)61-40-33-52(34-41-61)50-25-29-54(30-26-50)57-37-44-70-66(47-57)64-20-10-12-22-68(64)73(70)59-17-5-2-6-18-59/h1-17,19-30,33-38,40-47,51,59,66,70H,18,31-32,39H2. The normalized spacial score (nSPS) is 19.0. The molecular formula is C70H55N3. The van der Waals surface area contributed by atoms with Crippen LogP contribution in [0.5, 0.6) is 0 Å². The summed E-state index contributed by atoms with van der Waals surface area (Å²) in [6.07, 6.45) is 22.9. The monoisotopic (exact) mass is 937 g/mol. The second-order valence-corrected chi connectivity index (χ2v) is 20.3. The van der Waals surface area contributed by atoms with E-state index in [0.717, 1.165) is 25.7 Å². The van der Waals surface area contributed by atoms with Crippen molar-refractivity contribution in [1.82, 2.24) is 4.57 Å². The van der Waals surface area contributed by atoms with E-state index in [1.807, 2.05) is 0 Å². The summed E-state index contributed by atoms with van der Waals surface area (Å²) in [5, 5.41) is 5.07. The lowest BCUT2D eigenvalue weighted by Crippen LogP contribution is -2.40. The van der Waals surface area contributed by atoms with Crippen molar-refractivity contribution in [1.29, 1.82) is 0 Å². The van der Waals surface area contributed by atoms with Gasteiger partial charge in [-0.1, -0.05) is 200 Å². The molecule has 0 spiro atoms. The van der Waals surface area contributed by atoms with Crippen LogP contribution in [0, 0.1) is 0 Å². The molecule has 1 aromatic heterocycles. The van der Waals surface area contributed by atoms with Crippen molar-refractivity contribution < 1.29 is 0 Å². The molecule has 0 N–H and O–H groups in total. The fraction of sp³-hybridized carbons (Fsp3) is 0.114. The van der Waals surface area contributed by atoms with Gasteiger partial charge in [0.1, 0.15) is 0 Å². The van der Waals surface area contributed by atoms with Gasteiger partial charge >= 0.3 is 0 Å². The van der Waals surface area contributed by atoms with Crippen LogP contribution in [0.1, 0.15) is 54.2 Å². The predicted octanol–water partition coefficient (Wildman–Crippen LogP) is 18.1. The van der Waals surface area contributed by atoms with Crippen molar-refractivity contribution in [2.75, 3.05) is 9.80 Å². The van der Waals surface area contributed by atoms with Crippen LogP contribution in [0.15, 0.2) is 267 Å².